The molecule has 0 unspecified atom stereocenters. The van der Waals surface area contributed by atoms with Crippen molar-refractivity contribution >= 4 is 27.5 Å². The number of halogens is 4. The average molecular weight is 492 g/mol. The number of nitrogens with one attached hydrogen (secondary N) is 2. The predicted octanol–water partition coefficient (Wildman–Crippen LogP) is 1.72. The highest BCUT2D eigenvalue weighted by Crippen LogP contribution is 2.32. The molecule has 1 heterocycles. The third kappa shape index (κ3) is 6.01. The van der Waals surface area contributed by atoms with Gasteiger partial charge in [-0.3, -0.25) is 9.59 Å². The Bertz CT molecular complexity index is 1180. The molecule has 2 amide bonds. The number of hydrogen-bond donors (Lipinski definition) is 3. The molecule has 0 aliphatic heterocycles. The summed E-state index contributed by atoms with van der Waals surface area (Å²) in [5, 5.41) is 21.3. The van der Waals surface area contributed by atoms with E-state index in [4.69, 9.17) is 0 Å². The lowest BCUT2D eigenvalue weighted by Gasteiger charge is -2.22. The number of rotatable bonds is 7. The molecule has 180 valence electrons. The van der Waals surface area contributed by atoms with E-state index in [0.717, 1.165) is 19.1 Å². The molecule has 0 aliphatic carbocycles. The van der Waals surface area contributed by atoms with Crippen molar-refractivity contribution in [1.29, 1.82) is 0 Å². The van der Waals surface area contributed by atoms with Gasteiger partial charge in [0.1, 0.15) is 5.82 Å². The summed E-state index contributed by atoms with van der Waals surface area (Å²) >= 11 is 0. The van der Waals surface area contributed by atoms with E-state index in [-0.39, 0.29) is 12.1 Å². The van der Waals surface area contributed by atoms with Gasteiger partial charge in [-0.1, -0.05) is 6.92 Å². The smallest absolute Gasteiger partial charge is 0.379 e. The third-order valence-corrected chi connectivity index (χ3v) is 6.40. The molecule has 1 atom stereocenters. The number of carbonyl (C=O) groups is 2. The zero-order chi connectivity index (χ0) is 25.2. The molecule has 0 spiro atoms. The molecular formula is C19H20F4N4O5S. The van der Waals surface area contributed by atoms with Gasteiger partial charge in [0.05, 0.1) is 27.5 Å². The fourth-order valence-corrected chi connectivity index (χ4v) is 4.36. The lowest BCUT2D eigenvalue weighted by Crippen LogP contribution is -2.46. The van der Waals surface area contributed by atoms with Crippen LogP contribution in [0, 0.1) is 5.82 Å². The highest BCUT2D eigenvalue weighted by atomic mass is 32.2. The van der Waals surface area contributed by atoms with E-state index >= 15 is 0 Å². The number of aryl methyl sites for hydroxylation is 1. The van der Waals surface area contributed by atoms with Gasteiger partial charge in [0, 0.05) is 7.05 Å². The number of anilines is 1. The molecule has 1 aromatic heterocycles. The van der Waals surface area contributed by atoms with Gasteiger partial charge in [-0.05, 0) is 37.6 Å². The molecule has 9 nitrogen and oxygen atoms in total. The maximum atomic E-state index is 14.1. The number of sulfone groups is 1. The molecule has 0 aliphatic rings. The van der Waals surface area contributed by atoms with E-state index in [1.165, 1.54) is 14.0 Å². The first kappa shape index (κ1) is 26.1. The van der Waals surface area contributed by atoms with Crippen LogP contribution in [0.4, 0.5) is 23.4 Å². The Hall–Kier alpha value is -3.13. The van der Waals surface area contributed by atoms with Crippen molar-refractivity contribution in [3.8, 4) is 0 Å². The minimum atomic E-state index is -4.78. The van der Waals surface area contributed by atoms with Gasteiger partial charge in [-0.2, -0.15) is 18.3 Å². The van der Waals surface area contributed by atoms with Gasteiger partial charge >= 0.3 is 6.18 Å². The fraction of sp³-hybridized carbons (Fsp3) is 0.368. The molecular weight excluding hydrogens is 472 g/mol. The summed E-state index contributed by atoms with van der Waals surface area (Å²) in [5.41, 5.74) is -4.57. The van der Waals surface area contributed by atoms with Crippen LogP contribution in [0.25, 0.3) is 0 Å². The van der Waals surface area contributed by atoms with Crippen LogP contribution in [0.1, 0.15) is 35.5 Å². The number of carbonyl (C=O) groups excluding carboxylic acids is 2. The molecule has 0 fully saturated rings. The number of amides is 2. The monoisotopic (exact) mass is 492 g/mol. The maximum absolute atomic E-state index is 14.1. The number of benzene rings is 1. The zero-order valence-corrected chi connectivity index (χ0v) is 18.4. The van der Waals surface area contributed by atoms with E-state index in [0.29, 0.717) is 12.1 Å². The summed E-state index contributed by atoms with van der Waals surface area (Å²) in [6, 6.07) is 2.90. The molecule has 33 heavy (non-hydrogen) atoms. The number of alkyl halides is 3. The molecule has 14 heteroatoms. The van der Waals surface area contributed by atoms with Crippen LogP contribution in [-0.4, -0.2) is 53.9 Å². The van der Waals surface area contributed by atoms with E-state index in [9.17, 15) is 40.7 Å². The standard InChI is InChI=1S/C19H20F4N4O5S/c1-4-14-12(19(21,22)23)8-15(27-26-14)25-17(29)18(2,30)9-33(31,32)10-5-6-11(13(20)7-10)16(28)24-3/h5-8,30H,4,9H2,1-3H3,(H,24,28)(H,25,27,29)/t18-/m0/s1. The number of aromatic nitrogens is 2. The maximum Gasteiger partial charge on any atom is 0.418 e. The predicted molar refractivity (Wildman–Crippen MR) is 108 cm³/mol. The molecule has 0 saturated heterocycles. The Labute approximate surface area is 186 Å². The van der Waals surface area contributed by atoms with Crippen LogP contribution in [0.5, 0.6) is 0 Å². The Morgan fingerprint density at radius 2 is 1.79 bits per heavy atom. The molecule has 2 aromatic rings. The molecule has 0 radical (unpaired) electrons. The van der Waals surface area contributed by atoms with Crippen LogP contribution < -0.4 is 10.6 Å². The van der Waals surface area contributed by atoms with Gasteiger partial charge in [-0.25, -0.2) is 12.8 Å². The van der Waals surface area contributed by atoms with Crippen molar-refractivity contribution in [2.24, 2.45) is 0 Å². The SMILES string of the molecule is CCc1nnc(NC(=O)[C@@](C)(O)CS(=O)(=O)c2ccc(C(=O)NC)c(F)c2)cc1C(F)(F)F. The van der Waals surface area contributed by atoms with E-state index in [1.807, 2.05) is 5.32 Å². The normalized spacial score (nSPS) is 13.8. The second-order valence-electron chi connectivity index (χ2n) is 7.15. The highest BCUT2D eigenvalue weighted by Gasteiger charge is 2.38. The van der Waals surface area contributed by atoms with E-state index in [1.54, 1.807) is 0 Å². The molecule has 0 saturated carbocycles. The van der Waals surface area contributed by atoms with Gasteiger partial charge in [0.25, 0.3) is 11.8 Å². The quantitative estimate of drug-likeness (QED) is 0.501. The van der Waals surface area contributed by atoms with Gasteiger partial charge in [0.15, 0.2) is 21.3 Å². The summed E-state index contributed by atoms with van der Waals surface area (Å²) in [4.78, 5) is 23.3. The van der Waals surface area contributed by atoms with E-state index in [2.05, 4.69) is 15.5 Å². The van der Waals surface area contributed by atoms with Crippen molar-refractivity contribution in [1.82, 2.24) is 15.5 Å². The van der Waals surface area contributed by atoms with Crippen LogP contribution in [0.2, 0.25) is 0 Å². The van der Waals surface area contributed by atoms with Crippen molar-refractivity contribution in [2.45, 2.75) is 36.9 Å². The summed E-state index contributed by atoms with van der Waals surface area (Å²) in [7, 11) is -3.22. The van der Waals surface area contributed by atoms with E-state index < -0.39 is 66.8 Å². The lowest BCUT2D eigenvalue weighted by molar-refractivity contribution is -0.138. The number of hydrogen-bond acceptors (Lipinski definition) is 7. The Morgan fingerprint density at radius 3 is 2.30 bits per heavy atom. The minimum Gasteiger partial charge on any atom is -0.379 e. The Morgan fingerprint density at radius 1 is 1.15 bits per heavy atom. The molecule has 3 N–H and O–H groups in total. The number of nitrogens with zero attached hydrogens (tertiary/aromatic N) is 2. The van der Waals surface area contributed by atoms with Crippen molar-refractivity contribution in [3.63, 3.8) is 0 Å². The zero-order valence-electron chi connectivity index (χ0n) is 17.6. The van der Waals surface area contributed by atoms with Crippen LogP contribution in [0.3, 0.4) is 0 Å². The summed E-state index contributed by atoms with van der Waals surface area (Å²) in [5.74, 6) is -5.21. The second kappa shape index (κ2) is 9.39. The van der Waals surface area contributed by atoms with Crippen molar-refractivity contribution in [2.75, 3.05) is 18.1 Å². The summed E-state index contributed by atoms with van der Waals surface area (Å²) in [6.45, 7) is 2.24. The molecule has 1 aromatic carbocycles. The molecule has 2 rings (SSSR count). The van der Waals surface area contributed by atoms with Gasteiger partial charge < -0.3 is 15.7 Å². The summed E-state index contributed by atoms with van der Waals surface area (Å²) < 4.78 is 78.8. The van der Waals surface area contributed by atoms with Crippen molar-refractivity contribution in [3.05, 3.63) is 46.9 Å². The molecule has 0 bridgehead atoms. The first-order chi connectivity index (χ1) is 15.1. The minimum absolute atomic E-state index is 0.0820. The van der Waals surface area contributed by atoms with Crippen LogP contribution in [0.15, 0.2) is 29.2 Å². The second-order valence-corrected chi connectivity index (χ2v) is 9.14. The average Bonchev–Trinajstić information content (AvgIpc) is 2.71. The largest absolute Gasteiger partial charge is 0.418 e. The first-order valence-electron chi connectivity index (χ1n) is 9.34. The lowest BCUT2D eigenvalue weighted by atomic mass is 10.1. The van der Waals surface area contributed by atoms with Crippen LogP contribution in [-0.2, 0) is 27.2 Å². The highest BCUT2D eigenvalue weighted by molar-refractivity contribution is 7.91. The summed E-state index contributed by atoms with van der Waals surface area (Å²) in [6.07, 6.45) is -4.86. The Balaban J connectivity index is 2.27. The van der Waals surface area contributed by atoms with Gasteiger partial charge in [0.2, 0.25) is 0 Å². The van der Waals surface area contributed by atoms with Gasteiger partial charge in [-0.15, -0.1) is 5.10 Å². The topological polar surface area (TPSA) is 138 Å². The fourth-order valence-electron chi connectivity index (χ4n) is 2.76. The van der Waals surface area contributed by atoms with Crippen molar-refractivity contribution < 1.29 is 40.7 Å². The Kier molecular flexibility index (Phi) is 7.43. The third-order valence-electron chi connectivity index (χ3n) is 4.48. The van der Waals surface area contributed by atoms with Crippen LogP contribution >= 0.6 is 0 Å². The first-order valence-corrected chi connectivity index (χ1v) is 11.0. The number of aliphatic hydroxyl groups is 1.